The van der Waals surface area contributed by atoms with Gasteiger partial charge < -0.3 is 10.2 Å². The Labute approximate surface area is 143 Å². The summed E-state index contributed by atoms with van der Waals surface area (Å²) in [5.41, 5.74) is 0.942. The van der Waals surface area contributed by atoms with Gasteiger partial charge in [-0.1, -0.05) is 44.2 Å². The summed E-state index contributed by atoms with van der Waals surface area (Å²) in [6.07, 6.45) is 1.17. The predicted octanol–water partition coefficient (Wildman–Crippen LogP) is 1.58. The van der Waals surface area contributed by atoms with Crippen LogP contribution in [0.3, 0.4) is 0 Å². The van der Waals surface area contributed by atoms with Crippen LogP contribution in [-0.4, -0.2) is 57.2 Å². The van der Waals surface area contributed by atoms with Crippen molar-refractivity contribution in [3.8, 4) is 11.4 Å². The number of amides is 1. The number of carbonyl (C=O) groups is 1. The summed E-state index contributed by atoms with van der Waals surface area (Å²) in [7, 11) is 0. The van der Waals surface area contributed by atoms with Crippen LogP contribution in [0.1, 0.15) is 26.7 Å². The number of tetrazole rings is 1. The zero-order chi connectivity index (χ0) is 17.2. The Hall–Kier alpha value is -2.28. The van der Waals surface area contributed by atoms with Crippen molar-refractivity contribution in [1.29, 1.82) is 0 Å². The van der Waals surface area contributed by atoms with E-state index in [1.54, 1.807) is 4.80 Å². The average molecular weight is 330 g/mol. The minimum absolute atomic E-state index is 0.0746. The number of rotatable bonds is 10. The SMILES string of the molecule is CCN(CC)CCNC(=O)CCCn1nnc(-c2ccccc2)n1. The number of likely N-dealkylation sites (N-methyl/N-ethyl adjacent to an activating group) is 1. The monoisotopic (exact) mass is 330 g/mol. The predicted molar refractivity (Wildman–Crippen MR) is 93.3 cm³/mol. The van der Waals surface area contributed by atoms with Gasteiger partial charge in [-0.2, -0.15) is 4.80 Å². The van der Waals surface area contributed by atoms with Crippen molar-refractivity contribution < 1.29 is 4.79 Å². The molecule has 1 amide bonds. The van der Waals surface area contributed by atoms with Gasteiger partial charge in [0, 0.05) is 25.1 Å². The summed E-state index contributed by atoms with van der Waals surface area (Å²) >= 11 is 0. The van der Waals surface area contributed by atoms with E-state index in [0.29, 0.717) is 31.8 Å². The third kappa shape index (κ3) is 5.73. The van der Waals surface area contributed by atoms with Crippen LogP contribution < -0.4 is 5.32 Å². The Balaban J connectivity index is 1.67. The number of nitrogens with one attached hydrogen (secondary N) is 1. The zero-order valence-electron chi connectivity index (χ0n) is 14.5. The maximum atomic E-state index is 11.8. The second kappa shape index (κ2) is 9.77. The van der Waals surface area contributed by atoms with Crippen molar-refractivity contribution in [2.45, 2.75) is 33.2 Å². The Morgan fingerprint density at radius 2 is 1.96 bits per heavy atom. The number of aromatic nitrogens is 4. The van der Waals surface area contributed by atoms with E-state index in [2.05, 4.69) is 39.5 Å². The summed E-state index contributed by atoms with van der Waals surface area (Å²) in [6, 6.07) is 9.74. The molecule has 0 radical (unpaired) electrons. The molecule has 1 aromatic carbocycles. The first-order valence-corrected chi connectivity index (χ1v) is 8.55. The largest absolute Gasteiger partial charge is 0.355 e. The maximum absolute atomic E-state index is 11.8. The second-order valence-electron chi connectivity index (χ2n) is 5.56. The Kier molecular flexibility index (Phi) is 7.35. The number of hydrogen-bond acceptors (Lipinski definition) is 5. The topological polar surface area (TPSA) is 75.9 Å². The van der Waals surface area contributed by atoms with Crippen LogP contribution in [0.4, 0.5) is 0 Å². The number of carbonyl (C=O) groups excluding carboxylic acids is 1. The van der Waals surface area contributed by atoms with Crippen molar-refractivity contribution in [3.05, 3.63) is 30.3 Å². The first-order chi connectivity index (χ1) is 11.7. The lowest BCUT2D eigenvalue weighted by molar-refractivity contribution is -0.121. The molecule has 130 valence electrons. The van der Waals surface area contributed by atoms with Crippen LogP contribution in [0, 0.1) is 0 Å². The second-order valence-corrected chi connectivity index (χ2v) is 5.56. The van der Waals surface area contributed by atoms with Crippen molar-refractivity contribution in [1.82, 2.24) is 30.4 Å². The van der Waals surface area contributed by atoms with Gasteiger partial charge >= 0.3 is 0 Å². The highest BCUT2D eigenvalue weighted by Crippen LogP contribution is 2.11. The van der Waals surface area contributed by atoms with E-state index in [-0.39, 0.29) is 5.91 Å². The molecule has 0 unspecified atom stereocenters. The van der Waals surface area contributed by atoms with Gasteiger partial charge in [0.05, 0.1) is 6.54 Å². The Morgan fingerprint density at radius 1 is 1.21 bits per heavy atom. The Morgan fingerprint density at radius 3 is 2.67 bits per heavy atom. The van der Waals surface area contributed by atoms with Crippen LogP contribution in [0.15, 0.2) is 30.3 Å². The van der Waals surface area contributed by atoms with Crippen LogP contribution in [0.25, 0.3) is 11.4 Å². The fraction of sp³-hybridized carbons (Fsp3) is 0.529. The molecular weight excluding hydrogens is 304 g/mol. The van der Waals surface area contributed by atoms with Crippen molar-refractivity contribution in [2.24, 2.45) is 0 Å². The van der Waals surface area contributed by atoms with E-state index in [9.17, 15) is 4.79 Å². The maximum Gasteiger partial charge on any atom is 0.220 e. The molecule has 0 aliphatic carbocycles. The minimum Gasteiger partial charge on any atom is -0.355 e. The first-order valence-electron chi connectivity index (χ1n) is 8.55. The normalized spacial score (nSPS) is 11.0. The number of benzene rings is 1. The van der Waals surface area contributed by atoms with Gasteiger partial charge in [0.1, 0.15) is 0 Å². The molecule has 0 fully saturated rings. The van der Waals surface area contributed by atoms with E-state index in [1.807, 2.05) is 30.3 Å². The third-order valence-corrected chi connectivity index (χ3v) is 3.89. The highest BCUT2D eigenvalue weighted by molar-refractivity contribution is 5.75. The van der Waals surface area contributed by atoms with Gasteiger partial charge in [0.25, 0.3) is 0 Å². The number of hydrogen-bond donors (Lipinski definition) is 1. The third-order valence-electron chi connectivity index (χ3n) is 3.89. The van der Waals surface area contributed by atoms with Crippen molar-refractivity contribution in [3.63, 3.8) is 0 Å². The van der Waals surface area contributed by atoms with Crippen LogP contribution in [0.5, 0.6) is 0 Å². The highest BCUT2D eigenvalue weighted by atomic mass is 16.1. The van der Waals surface area contributed by atoms with Gasteiger partial charge in [-0.3, -0.25) is 4.79 Å². The van der Waals surface area contributed by atoms with Crippen molar-refractivity contribution >= 4 is 5.91 Å². The molecule has 0 bridgehead atoms. The van der Waals surface area contributed by atoms with E-state index in [1.165, 1.54) is 0 Å². The molecule has 0 saturated heterocycles. The molecule has 1 aromatic heterocycles. The van der Waals surface area contributed by atoms with Gasteiger partial charge in [-0.15, -0.1) is 10.2 Å². The lowest BCUT2D eigenvalue weighted by Gasteiger charge is -2.17. The summed E-state index contributed by atoms with van der Waals surface area (Å²) in [5.74, 6) is 0.685. The van der Waals surface area contributed by atoms with Crippen molar-refractivity contribution in [2.75, 3.05) is 26.2 Å². The Bertz CT molecular complexity index is 609. The molecule has 7 nitrogen and oxygen atoms in total. The van der Waals surface area contributed by atoms with Crippen LogP contribution in [-0.2, 0) is 11.3 Å². The highest BCUT2D eigenvalue weighted by Gasteiger charge is 2.07. The van der Waals surface area contributed by atoms with E-state index < -0.39 is 0 Å². The number of aryl methyl sites for hydroxylation is 1. The molecule has 1 N–H and O–H groups in total. The lowest BCUT2D eigenvalue weighted by Crippen LogP contribution is -2.34. The fourth-order valence-corrected chi connectivity index (χ4v) is 2.40. The summed E-state index contributed by atoms with van der Waals surface area (Å²) < 4.78 is 0. The fourth-order valence-electron chi connectivity index (χ4n) is 2.40. The quantitative estimate of drug-likeness (QED) is 0.716. The van der Waals surface area contributed by atoms with Crippen LogP contribution >= 0.6 is 0 Å². The standard InChI is InChI=1S/C17H26N6O/c1-3-22(4-2)14-12-18-16(24)11-8-13-23-20-17(19-21-23)15-9-6-5-7-10-15/h5-7,9-10H,3-4,8,11-14H2,1-2H3,(H,18,24). The molecule has 2 aromatic rings. The van der Waals surface area contributed by atoms with E-state index in [0.717, 1.165) is 25.2 Å². The van der Waals surface area contributed by atoms with Gasteiger partial charge in [0.2, 0.25) is 11.7 Å². The molecule has 0 aliphatic rings. The lowest BCUT2D eigenvalue weighted by atomic mass is 10.2. The molecule has 0 aliphatic heterocycles. The summed E-state index contributed by atoms with van der Waals surface area (Å²) in [5, 5.41) is 15.4. The molecule has 0 spiro atoms. The van der Waals surface area contributed by atoms with E-state index in [4.69, 9.17) is 0 Å². The first kappa shape index (κ1) is 18.1. The average Bonchev–Trinajstić information content (AvgIpc) is 3.08. The minimum atomic E-state index is 0.0746. The van der Waals surface area contributed by atoms with Gasteiger partial charge in [0.15, 0.2) is 0 Å². The summed E-state index contributed by atoms with van der Waals surface area (Å²) in [6.45, 7) is 8.44. The molecule has 7 heteroatoms. The summed E-state index contributed by atoms with van der Waals surface area (Å²) in [4.78, 5) is 15.7. The van der Waals surface area contributed by atoms with Gasteiger partial charge in [-0.25, -0.2) is 0 Å². The molecule has 1 heterocycles. The van der Waals surface area contributed by atoms with E-state index >= 15 is 0 Å². The molecule has 0 atom stereocenters. The smallest absolute Gasteiger partial charge is 0.220 e. The number of nitrogens with zero attached hydrogens (tertiary/aromatic N) is 5. The zero-order valence-corrected chi connectivity index (χ0v) is 14.5. The van der Waals surface area contributed by atoms with Crippen LogP contribution in [0.2, 0.25) is 0 Å². The molecule has 24 heavy (non-hydrogen) atoms. The molecular formula is C17H26N6O. The molecule has 2 rings (SSSR count). The van der Waals surface area contributed by atoms with Gasteiger partial charge in [-0.05, 0) is 24.7 Å². The molecule has 0 saturated carbocycles.